The Labute approximate surface area is 126 Å². The number of hydrogen-bond donors (Lipinski definition) is 0. The number of ether oxygens (including phenoxy) is 1. The SMILES string of the molecule is Cc1nn(C)c(C)c1CC(=O)N1CCO[C@@H]2CCCC[C@H]21. The van der Waals surface area contributed by atoms with Gasteiger partial charge in [0.15, 0.2) is 0 Å². The zero-order chi connectivity index (χ0) is 15.0. The van der Waals surface area contributed by atoms with Gasteiger partial charge in [-0.2, -0.15) is 5.10 Å². The van der Waals surface area contributed by atoms with Crippen molar-refractivity contribution in [3.8, 4) is 0 Å². The van der Waals surface area contributed by atoms with Crippen LogP contribution in [0.3, 0.4) is 0 Å². The van der Waals surface area contributed by atoms with Gasteiger partial charge in [0, 0.05) is 24.8 Å². The lowest BCUT2D eigenvalue weighted by atomic mass is 9.89. The molecule has 5 nitrogen and oxygen atoms in total. The van der Waals surface area contributed by atoms with E-state index in [0.717, 1.165) is 36.3 Å². The maximum atomic E-state index is 12.8. The minimum atomic E-state index is 0.231. The van der Waals surface area contributed by atoms with E-state index < -0.39 is 0 Å². The van der Waals surface area contributed by atoms with Gasteiger partial charge < -0.3 is 9.64 Å². The zero-order valence-corrected chi connectivity index (χ0v) is 13.3. The molecule has 1 saturated heterocycles. The van der Waals surface area contributed by atoms with Gasteiger partial charge in [-0.05, 0) is 26.7 Å². The van der Waals surface area contributed by atoms with Crippen molar-refractivity contribution >= 4 is 5.91 Å². The molecule has 1 aromatic rings. The van der Waals surface area contributed by atoms with Crippen LogP contribution in [0.1, 0.15) is 42.6 Å². The van der Waals surface area contributed by atoms with E-state index in [1.807, 2.05) is 25.6 Å². The molecule has 0 unspecified atom stereocenters. The minimum absolute atomic E-state index is 0.231. The van der Waals surface area contributed by atoms with Gasteiger partial charge in [-0.1, -0.05) is 12.8 Å². The van der Waals surface area contributed by atoms with Crippen LogP contribution in [0.5, 0.6) is 0 Å². The van der Waals surface area contributed by atoms with E-state index in [4.69, 9.17) is 4.74 Å². The number of rotatable bonds is 2. The molecule has 116 valence electrons. The molecule has 2 fully saturated rings. The van der Waals surface area contributed by atoms with Gasteiger partial charge in [0.25, 0.3) is 0 Å². The predicted octanol–water partition coefficient (Wildman–Crippen LogP) is 1.75. The van der Waals surface area contributed by atoms with E-state index in [9.17, 15) is 4.79 Å². The lowest BCUT2D eigenvalue weighted by Crippen LogP contribution is -2.55. The van der Waals surface area contributed by atoms with Crippen LogP contribution >= 0.6 is 0 Å². The maximum Gasteiger partial charge on any atom is 0.227 e. The molecule has 1 aromatic heterocycles. The summed E-state index contributed by atoms with van der Waals surface area (Å²) >= 11 is 0. The summed E-state index contributed by atoms with van der Waals surface area (Å²) < 4.78 is 7.72. The van der Waals surface area contributed by atoms with Crippen molar-refractivity contribution in [2.45, 2.75) is 58.1 Å². The topological polar surface area (TPSA) is 47.4 Å². The second-order valence-corrected chi connectivity index (χ2v) is 6.30. The van der Waals surface area contributed by atoms with Crippen LogP contribution < -0.4 is 0 Å². The highest BCUT2D eigenvalue weighted by atomic mass is 16.5. The second-order valence-electron chi connectivity index (χ2n) is 6.30. The van der Waals surface area contributed by atoms with Gasteiger partial charge in [0.2, 0.25) is 5.91 Å². The van der Waals surface area contributed by atoms with Crippen molar-refractivity contribution < 1.29 is 9.53 Å². The Morgan fingerprint density at radius 2 is 2.10 bits per heavy atom. The fourth-order valence-electron chi connectivity index (χ4n) is 3.73. The largest absolute Gasteiger partial charge is 0.374 e. The van der Waals surface area contributed by atoms with Gasteiger partial charge in [-0.3, -0.25) is 9.48 Å². The van der Waals surface area contributed by atoms with Crippen molar-refractivity contribution in [3.05, 3.63) is 17.0 Å². The van der Waals surface area contributed by atoms with Gasteiger partial charge in [0.05, 0.1) is 30.9 Å². The number of carbonyl (C=O) groups is 1. The standard InChI is InChI=1S/C16H25N3O2/c1-11-13(12(2)18(3)17-11)10-16(20)19-8-9-21-15-7-5-4-6-14(15)19/h14-15H,4-10H2,1-3H3/t14-,15-/m1/s1. The number of fused-ring (bicyclic) bond motifs is 1. The van der Waals surface area contributed by atoms with Crippen molar-refractivity contribution in [2.75, 3.05) is 13.2 Å². The van der Waals surface area contributed by atoms with Crippen molar-refractivity contribution in [2.24, 2.45) is 7.05 Å². The summed E-state index contributed by atoms with van der Waals surface area (Å²) in [4.78, 5) is 14.8. The molecule has 2 atom stereocenters. The van der Waals surface area contributed by atoms with Crippen LogP contribution in [0.4, 0.5) is 0 Å². The van der Waals surface area contributed by atoms with Gasteiger partial charge >= 0.3 is 0 Å². The average molecular weight is 291 g/mol. The molecule has 0 N–H and O–H groups in total. The van der Waals surface area contributed by atoms with Crippen molar-refractivity contribution in [3.63, 3.8) is 0 Å². The molecule has 1 saturated carbocycles. The summed E-state index contributed by atoms with van der Waals surface area (Å²) in [5.41, 5.74) is 3.15. The first-order valence-corrected chi connectivity index (χ1v) is 7.98. The maximum absolute atomic E-state index is 12.8. The highest BCUT2D eigenvalue weighted by Crippen LogP contribution is 2.29. The lowest BCUT2D eigenvalue weighted by molar-refractivity contribution is -0.148. The summed E-state index contributed by atoms with van der Waals surface area (Å²) in [5, 5.41) is 4.41. The third-order valence-electron chi connectivity index (χ3n) is 5.04. The molecule has 2 aliphatic rings. The number of hydrogen-bond acceptors (Lipinski definition) is 3. The molecule has 3 rings (SSSR count). The number of nitrogens with zero attached hydrogens (tertiary/aromatic N) is 3. The Bertz CT molecular complexity index is 536. The summed E-state index contributed by atoms with van der Waals surface area (Å²) in [6.45, 7) is 5.43. The summed E-state index contributed by atoms with van der Waals surface area (Å²) in [6.07, 6.45) is 5.34. The molecule has 0 bridgehead atoms. The van der Waals surface area contributed by atoms with Crippen LogP contribution in [0.25, 0.3) is 0 Å². The van der Waals surface area contributed by atoms with E-state index >= 15 is 0 Å². The molecular weight excluding hydrogens is 266 g/mol. The van der Waals surface area contributed by atoms with Crippen molar-refractivity contribution in [1.29, 1.82) is 0 Å². The normalized spacial score (nSPS) is 25.8. The molecule has 1 aliphatic carbocycles. The second kappa shape index (κ2) is 5.79. The quantitative estimate of drug-likeness (QED) is 0.834. The van der Waals surface area contributed by atoms with Crippen LogP contribution in [0.15, 0.2) is 0 Å². The fraction of sp³-hybridized carbons (Fsp3) is 0.750. The molecule has 1 amide bonds. The monoisotopic (exact) mass is 291 g/mol. The number of aromatic nitrogens is 2. The summed E-state index contributed by atoms with van der Waals surface area (Å²) in [5.74, 6) is 0.231. The first kappa shape index (κ1) is 14.6. The molecular formula is C16H25N3O2. The Hall–Kier alpha value is -1.36. The number of amides is 1. The van der Waals surface area contributed by atoms with Gasteiger partial charge in [-0.25, -0.2) is 0 Å². The molecule has 2 heterocycles. The van der Waals surface area contributed by atoms with Crippen molar-refractivity contribution in [1.82, 2.24) is 14.7 Å². The number of carbonyl (C=O) groups excluding carboxylic acids is 1. The van der Waals surface area contributed by atoms with Gasteiger partial charge in [-0.15, -0.1) is 0 Å². The highest BCUT2D eigenvalue weighted by molar-refractivity contribution is 5.79. The summed E-state index contributed by atoms with van der Waals surface area (Å²) in [7, 11) is 1.93. The fourth-order valence-corrected chi connectivity index (χ4v) is 3.73. The first-order valence-electron chi connectivity index (χ1n) is 7.98. The van der Waals surface area contributed by atoms with Gasteiger partial charge in [0.1, 0.15) is 0 Å². The minimum Gasteiger partial charge on any atom is -0.374 e. The Balaban J connectivity index is 1.75. The number of morpholine rings is 1. The van der Waals surface area contributed by atoms with E-state index in [2.05, 4.69) is 10.00 Å². The Morgan fingerprint density at radius 1 is 1.33 bits per heavy atom. The molecule has 21 heavy (non-hydrogen) atoms. The summed E-state index contributed by atoms with van der Waals surface area (Å²) in [6, 6.07) is 0.289. The van der Waals surface area contributed by atoms with E-state index in [1.165, 1.54) is 12.8 Å². The third kappa shape index (κ3) is 2.71. The zero-order valence-electron chi connectivity index (χ0n) is 13.3. The van der Waals surface area contributed by atoms with Crippen LogP contribution in [0, 0.1) is 13.8 Å². The lowest BCUT2D eigenvalue weighted by Gasteiger charge is -2.43. The Morgan fingerprint density at radius 3 is 2.81 bits per heavy atom. The molecule has 0 spiro atoms. The first-order chi connectivity index (χ1) is 10.1. The molecule has 1 aliphatic heterocycles. The van der Waals surface area contributed by atoms with Crippen LogP contribution in [-0.2, 0) is 23.0 Å². The molecule has 0 radical (unpaired) electrons. The molecule has 5 heteroatoms. The number of aryl methyl sites for hydroxylation is 2. The van der Waals surface area contributed by atoms with E-state index in [0.29, 0.717) is 13.0 Å². The average Bonchev–Trinajstić information content (AvgIpc) is 2.73. The van der Waals surface area contributed by atoms with E-state index in [-0.39, 0.29) is 18.1 Å². The molecule has 0 aromatic carbocycles. The third-order valence-corrected chi connectivity index (χ3v) is 5.04. The Kier molecular flexibility index (Phi) is 4.02. The smallest absolute Gasteiger partial charge is 0.227 e. The van der Waals surface area contributed by atoms with Crippen LogP contribution in [0.2, 0.25) is 0 Å². The predicted molar refractivity (Wildman–Crippen MR) is 80.1 cm³/mol. The highest BCUT2D eigenvalue weighted by Gasteiger charge is 2.36. The van der Waals surface area contributed by atoms with Crippen LogP contribution in [-0.4, -0.2) is 45.9 Å². The van der Waals surface area contributed by atoms with E-state index in [1.54, 1.807) is 0 Å².